The monoisotopic (exact) mass is 438 g/mol. The van der Waals surface area contributed by atoms with E-state index >= 15 is 0 Å². The van der Waals surface area contributed by atoms with Crippen LogP contribution in [0.2, 0.25) is 10.0 Å². The molecule has 0 spiro atoms. The van der Waals surface area contributed by atoms with Gasteiger partial charge in [0.25, 0.3) is 0 Å². The van der Waals surface area contributed by atoms with E-state index < -0.39 is 30.4 Å². The molecule has 0 aliphatic carbocycles. The first kappa shape index (κ1) is 22.7. The van der Waals surface area contributed by atoms with Gasteiger partial charge < -0.3 is 20.1 Å². The SMILES string of the molecule is COC(=O)[C@@H](Cc1ccccc1)NC(=O)COCC(=O)Nc1cccc(Cl)c1Cl. The molecular weight excluding hydrogens is 419 g/mol. The zero-order valence-electron chi connectivity index (χ0n) is 15.6. The summed E-state index contributed by atoms with van der Waals surface area (Å²) in [5.41, 5.74) is 1.20. The van der Waals surface area contributed by atoms with Gasteiger partial charge in [0.15, 0.2) is 0 Å². The fraction of sp³-hybridized carbons (Fsp3) is 0.250. The number of methoxy groups -OCH3 is 1. The molecule has 0 bridgehead atoms. The van der Waals surface area contributed by atoms with Crippen molar-refractivity contribution in [1.82, 2.24) is 5.32 Å². The molecule has 2 aromatic rings. The number of nitrogens with one attached hydrogen (secondary N) is 2. The van der Waals surface area contributed by atoms with Gasteiger partial charge in [-0.05, 0) is 17.7 Å². The molecule has 7 nitrogen and oxygen atoms in total. The van der Waals surface area contributed by atoms with Crippen LogP contribution in [0, 0.1) is 0 Å². The molecule has 1 atom stereocenters. The second-order valence-electron chi connectivity index (χ2n) is 5.98. The third-order valence-corrected chi connectivity index (χ3v) is 4.61. The Bertz CT molecular complexity index is 861. The van der Waals surface area contributed by atoms with Crippen LogP contribution in [0.5, 0.6) is 0 Å². The zero-order valence-corrected chi connectivity index (χ0v) is 17.1. The number of halogens is 2. The Labute approximate surface area is 178 Å². The van der Waals surface area contributed by atoms with Gasteiger partial charge in [-0.1, -0.05) is 59.6 Å². The summed E-state index contributed by atoms with van der Waals surface area (Å²) in [4.78, 5) is 36.0. The molecule has 0 heterocycles. The van der Waals surface area contributed by atoms with Crippen LogP contribution in [0.25, 0.3) is 0 Å². The number of benzene rings is 2. The maximum Gasteiger partial charge on any atom is 0.328 e. The third kappa shape index (κ3) is 7.38. The van der Waals surface area contributed by atoms with Crippen LogP contribution < -0.4 is 10.6 Å². The first-order valence-electron chi connectivity index (χ1n) is 8.63. The molecule has 0 unspecified atom stereocenters. The molecule has 0 aliphatic rings. The number of hydrogen-bond acceptors (Lipinski definition) is 5. The van der Waals surface area contributed by atoms with E-state index in [1.165, 1.54) is 7.11 Å². The lowest BCUT2D eigenvalue weighted by Crippen LogP contribution is -2.44. The minimum Gasteiger partial charge on any atom is -0.467 e. The topological polar surface area (TPSA) is 93.7 Å². The van der Waals surface area contributed by atoms with Gasteiger partial charge in [-0.2, -0.15) is 0 Å². The Morgan fingerprint density at radius 1 is 0.966 bits per heavy atom. The summed E-state index contributed by atoms with van der Waals surface area (Å²) in [7, 11) is 1.24. The van der Waals surface area contributed by atoms with Gasteiger partial charge in [-0.25, -0.2) is 4.79 Å². The summed E-state index contributed by atoms with van der Waals surface area (Å²) >= 11 is 11.9. The van der Waals surface area contributed by atoms with Crippen molar-refractivity contribution in [3.05, 3.63) is 64.1 Å². The highest BCUT2D eigenvalue weighted by Crippen LogP contribution is 2.29. The minimum absolute atomic E-state index is 0.210. The van der Waals surface area contributed by atoms with Gasteiger partial charge in [0.2, 0.25) is 11.8 Å². The van der Waals surface area contributed by atoms with Crippen molar-refractivity contribution >= 4 is 46.7 Å². The van der Waals surface area contributed by atoms with Crippen LogP contribution in [0.3, 0.4) is 0 Å². The van der Waals surface area contributed by atoms with E-state index in [1.807, 2.05) is 30.3 Å². The number of amides is 2. The van der Waals surface area contributed by atoms with Gasteiger partial charge in [0.05, 0.1) is 22.8 Å². The van der Waals surface area contributed by atoms with E-state index in [0.717, 1.165) is 5.56 Å². The zero-order chi connectivity index (χ0) is 21.2. The van der Waals surface area contributed by atoms with Crippen molar-refractivity contribution in [2.45, 2.75) is 12.5 Å². The molecule has 9 heteroatoms. The molecule has 154 valence electrons. The second-order valence-corrected chi connectivity index (χ2v) is 6.76. The molecular formula is C20H20Cl2N2O5. The van der Waals surface area contributed by atoms with E-state index in [4.69, 9.17) is 32.7 Å². The van der Waals surface area contributed by atoms with Crippen molar-refractivity contribution < 1.29 is 23.9 Å². The molecule has 2 aromatic carbocycles. The Kier molecular flexibility index (Phi) is 8.92. The highest BCUT2D eigenvalue weighted by molar-refractivity contribution is 6.44. The Balaban J connectivity index is 1.81. The fourth-order valence-electron chi connectivity index (χ4n) is 2.44. The number of hydrogen-bond donors (Lipinski definition) is 2. The van der Waals surface area contributed by atoms with Crippen LogP contribution in [-0.4, -0.2) is 44.1 Å². The maximum absolute atomic E-state index is 12.1. The first-order chi connectivity index (χ1) is 13.9. The van der Waals surface area contributed by atoms with Crippen molar-refractivity contribution in [3.63, 3.8) is 0 Å². The van der Waals surface area contributed by atoms with E-state index in [1.54, 1.807) is 18.2 Å². The fourth-order valence-corrected chi connectivity index (χ4v) is 2.79. The largest absolute Gasteiger partial charge is 0.467 e. The number of ether oxygens (including phenoxy) is 2. The molecule has 2 amide bonds. The summed E-state index contributed by atoms with van der Waals surface area (Å²) < 4.78 is 9.85. The lowest BCUT2D eigenvalue weighted by molar-refractivity contribution is -0.145. The van der Waals surface area contributed by atoms with Gasteiger partial charge in [0.1, 0.15) is 19.3 Å². The second kappa shape index (κ2) is 11.4. The van der Waals surface area contributed by atoms with Crippen molar-refractivity contribution in [3.8, 4) is 0 Å². The average Bonchev–Trinajstić information content (AvgIpc) is 2.71. The number of carbonyl (C=O) groups is 3. The molecule has 29 heavy (non-hydrogen) atoms. The number of rotatable bonds is 9. The number of anilines is 1. The Morgan fingerprint density at radius 3 is 2.34 bits per heavy atom. The third-order valence-electron chi connectivity index (χ3n) is 3.80. The molecule has 0 fully saturated rings. The Morgan fingerprint density at radius 2 is 1.66 bits per heavy atom. The molecule has 0 radical (unpaired) electrons. The van der Waals surface area contributed by atoms with Crippen LogP contribution >= 0.6 is 23.2 Å². The summed E-state index contributed by atoms with van der Waals surface area (Å²) in [6, 6.07) is 13.1. The predicted octanol–water partition coefficient (Wildman–Crippen LogP) is 2.85. The summed E-state index contributed by atoms with van der Waals surface area (Å²) in [6.07, 6.45) is 0.271. The highest BCUT2D eigenvalue weighted by atomic mass is 35.5. The van der Waals surface area contributed by atoms with Crippen LogP contribution in [0.15, 0.2) is 48.5 Å². The van der Waals surface area contributed by atoms with Gasteiger partial charge in [-0.3, -0.25) is 9.59 Å². The lowest BCUT2D eigenvalue weighted by Gasteiger charge is -2.16. The van der Waals surface area contributed by atoms with Crippen molar-refractivity contribution in [1.29, 1.82) is 0 Å². The van der Waals surface area contributed by atoms with E-state index in [-0.39, 0.29) is 18.1 Å². The smallest absolute Gasteiger partial charge is 0.328 e. The molecule has 0 aromatic heterocycles. The predicted molar refractivity (Wildman–Crippen MR) is 110 cm³/mol. The molecule has 2 rings (SSSR count). The molecule has 2 N–H and O–H groups in total. The number of esters is 1. The number of carbonyl (C=O) groups excluding carboxylic acids is 3. The maximum atomic E-state index is 12.1. The van der Waals surface area contributed by atoms with Gasteiger partial charge in [0, 0.05) is 6.42 Å². The van der Waals surface area contributed by atoms with Crippen LogP contribution in [0.1, 0.15) is 5.56 Å². The lowest BCUT2D eigenvalue weighted by atomic mass is 10.1. The van der Waals surface area contributed by atoms with Crippen LogP contribution in [-0.2, 0) is 30.3 Å². The quantitative estimate of drug-likeness (QED) is 0.587. The van der Waals surface area contributed by atoms with Gasteiger partial charge in [-0.15, -0.1) is 0 Å². The van der Waals surface area contributed by atoms with E-state index in [2.05, 4.69) is 10.6 Å². The normalized spacial score (nSPS) is 11.4. The summed E-state index contributed by atoms with van der Waals surface area (Å²) in [5, 5.41) is 5.60. The summed E-state index contributed by atoms with van der Waals surface area (Å²) in [5.74, 6) is -1.63. The van der Waals surface area contributed by atoms with Crippen LogP contribution in [0.4, 0.5) is 5.69 Å². The minimum atomic E-state index is -0.863. The highest BCUT2D eigenvalue weighted by Gasteiger charge is 2.22. The molecule has 0 aliphatic heterocycles. The molecule has 0 saturated carbocycles. The van der Waals surface area contributed by atoms with Gasteiger partial charge >= 0.3 is 5.97 Å². The first-order valence-corrected chi connectivity index (χ1v) is 9.39. The average molecular weight is 439 g/mol. The molecule has 0 saturated heterocycles. The van der Waals surface area contributed by atoms with Crippen molar-refractivity contribution in [2.24, 2.45) is 0 Å². The van der Waals surface area contributed by atoms with Crippen molar-refractivity contribution in [2.75, 3.05) is 25.6 Å². The standard InChI is InChI=1S/C20H20Cl2N2O5/c1-28-20(27)16(10-13-6-3-2-4-7-13)24-18(26)12-29-11-17(25)23-15-9-5-8-14(21)19(15)22/h2-9,16H,10-12H2,1H3,(H,23,25)(H,24,26)/t16-/m1/s1. The van der Waals surface area contributed by atoms with E-state index in [0.29, 0.717) is 10.7 Å². The summed E-state index contributed by atoms with van der Waals surface area (Å²) in [6.45, 7) is -0.781. The van der Waals surface area contributed by atoms with E-state index in [9.17, 15) is 14.4 Å². The Hall–Kier alpha value is -2.61.